The number of benzene rings is 4. The Bertz CT molecular complexity index is 1850. The van der Waals surface area contributed by atoms with Crippen molar-refractivity contribution in [1.29, 1.82) is 0 Å². The summed E-state index contributed by atoms with van der Waals surface area (Å²) in [6.45, 7) is 0. The largest absolute Gasteiger partial charge is 0.508 e. The minimum Gasteiger partial charge on any atom is -0.508 e. The third-order valence-electron chi connectivity index (χ3n) is 6.02. The lowest BCUT2D eigenvalue weighted by atomic mass is 10.1. The molecule has 0 spiro atoms. The highest BCUT2D eigenvalue weighted by Crippen LogP contribution is 2.31. The Morgan fingerprint density at radius 3 is 1.89 bits per heavy atom. The summed E-state index contributed by atoms with van der Waals surface area (Å²) in [5.74, 6) is 0.235. The molecule has 7 nitrogen and oxygen atoms in total. The first-order chi connectivity index (χ1) is 18.5. The fourth-order valence-electron chi connectivity index (χ4n) is 4.04. The monoisotopic (exact) mass is 506 g/mol. The third kappa shape index (κ3) is 4.73. The van der Waals surface area contributed by atoms with Gasteiger partial charge in [-0.05, 0) is 41.5 Å². The van der Waals surface area contributed by atoms with Gasteiger partial charge in [0.2, 0.25) is 5.43 Å². The summed E-state index contributed by atoms with van der Waals surface area (Å²) in [5.41, 5.74) is 3.17. The molecule has 0 amide bonds. The zero-order valence-electron chi connectivity index (χ0n) is 20.3. The summed E-state index contributed by atoms with van der Waals surface area (Å²) < 4.78 is 15.9. The number of aromatic hydroxyl groups is 2. The molecule has 2 N–H and O–H groups in total. The minimum absolute atomic E-state index is 0.0121. The Labute approximate surface area is 216 Å². The zero-order valence-corrected chi connectivity index (χ0v) is 20.3. The van der Waals surface area contributed by atoms with Crippen molar-refractivity contribution in [3.63, 3.8) is 0 Å². The van der Waals surface area contributed by atoms with Gasteiger partial charge < -0.3 is 23.8 Å². The van der Waals surface area contributed by atoms with Gasteiger partial charge in [0.1, 0.15) is 29.4 Å². The van der Waals surface area contributed by atoms with Crippen molar-refractivity contribution in [2.24, 2.45) is 0 Å². The maximum absolute atomic E-state index is 12.5. The highest BCUT2D eigenvalue weighted by Gasteiger charge is 2.13. The Morgan fingerprint density at radius 2 is 1.21 bits per heavy atom. The van der Waals surface area contributed by atoms with Crippen molar-refractivity contribution in [1.82, 2.24) is 0 Å². The van der Waals surface area contributed by atoms with E-state index in [1.165, 1.54) is 43.9 Å². The number of phenolic OH excluding ortho intramolecular Hbond substituents is 2. The van der Waals surface area contributed by atoms with Gasteiger partial charge in [-0.25, -0.2) is 0 Å². The number of hydrogen-bond donors (Lipinski definition) is 2. The van der Waals surface area contributed by atoms with E-state index in [-0.39, 0.29) is 33.7 Å². The molecule has 0 aliphatic rings. The molecular weight excluding hydrogens is 484 g/mol. The van der Waals surface area contributed by atoms with E-state index in [9.17, 15) is 19.8 Å². The molecule has 6 aromatic rings. The van der Waals surface area contributed by atoms with Crippen molar-refractivity contribution in [2.75, 3.05) is 7.11 Å². The molecule has 0 bridgehead atoms. The van der Waals surface area contributed by atoms with Crippen LogP contribution in [0.25, 0.3) is 44.2 Å². The second kappa shape index (κ2) is 10.4. The quantitative estimate of drug-likeness (QED) is 0.288. The standard InChI is InChI=1S/C16H12O5.C15H10O2/c1-20-15-6-11-14(7-13(15)18)21-8-12(16(11)19)9-2-4-10(17)5-3-9;16-15-12-8-4-5-9-14(12)17-10-13(15)11-6-2-1-3-7-11/h2-8,17-18H,1H3;1-10H. The molecule has 0 atom stereocenters. The molecular formula is C31H22O7. The van der Waals surface area contributed by atoms with E-state index < -0.39 is 0 Å². The molecule has 188 valence electrons. The number of rotatable bonds is 3. The molecule has 0 radical (unpaired) electrons. The maximum atomic E-state index is 12.5. The second-order valence-corrected chi connectivity index (χ2v) is 8.39. The number of phenols is 2. The van der Waals surface area contributed by atoms with Crippen LogP contribution >= 0.6 is 0 Å². The van der Waals surface area contributed by atoms with Gasteiger partial charge in [0, 0.05) is 6.07 Å². The average Bonchev–Trinajstić information content (AvgIpc) is 2.95. The fourth-order valence-corrected chi connectivity index (χ4v) is 4.04. The van der Waals surface area contributed by atoms with E-state index in [0.29, 0.717) is 33.0 Å². The third-order valence-corrected chi connectivity index (χ3v) is 6.02. The molecule has 7 heteroatoms. The van der Waals surface area contributed by atoms with Gasteiger partial charge in [-0.2, -0.15) is 0 Å². The first kappa shape index (κ1) is 24.4. The van der Waals surface area contributed by atoms with Crippen LogP contribution in [0.5, 0.6) is 17.2 Å². The van der Waals surface area contributed by atoms with Crippen LogP contribution in [0.3, 0.4) is 0 Å². The van der Waals surface area contributed by atoms with Crippen molar-refractivity contribution in [3.8, 4) is 39.5 Å². The first-order valence-electron chi connectivity index (χ1n) is 11.6. The summed E-state index contributed by atoms with van der Waals surface area (Å²) in [4.78, 5) is 24.8. The van der Waals surface area contributed by atoms with Crippen LogP contribution in [0.2, 0.25) is 0 Å². The molecule has 0 aliphatic carbocycles. The number of hydrogen-bond acceptors (Lipinski definition) is 7. The highest BCUT2D eigenvalue weighted by molar-refractivity contribution is 5.84. The lowest BCUT2D eigenvalue weighted by Crippen LogP contribution is -2.05. The summed E-state index contributed by atoms with van der Waals surface area (Å²) in [5, 5.41) is 19.9. The predicted molar refractivity (Wildman–Crippen MR) is 146 cm³/mol. The predicted octanol–water partition coefficient (Wildman–Crippen LogP) is 6.34. The number of fused-ring (bicyclic) bond motifs is 2. The van der Waals surface area contributed by atoms with Crippen molar-refractivity contribution >= 4 is 21.9 Å². The van der Waals surface area contributed by atoms with Crippen LogP contribution in [-0.2, 0) is 0 Å². The summed E-state index contributed by atoms with van der Waals surface area (Å²) in [6, 6.07) is 25.9. The van der Waals surface area contributed by atoms with Gasteiger partial charge in [-0.3, -0.25) is 9.59 Å². The Hall–Kier alpha value is -5.30. The molecule has 0 fully saturated rings. The van der Waals surface area contributed by atoms with Gasteiger partial charge in [0.15, 0.2) is 16.9 Å². The highest BCUT2D eigenvalue weighted by atomic mass is 16.5. The van der Waals surface area contributed by atoms with Crippen molar-refractivity contribution in [2.45, 2.75) is 0 Å². The molecule has 2 aromatic heterocycles. The molecule has 4 aromatic carbocycles. The van der Waals surface area contributed by atoms with E-state index in [2.05, 4.69) is 0 Å². The molecule has 0 saturated heterocycles. The lowest BCUT2D eigenvalue weighted by Gasteiger charge is -2.06. The van der Waals surface area contributed by atoms with E-state index in [1.807, 2.05) is 42.5 Å². The SMILES string of the molecule is COc1cc2c(=O)c(-c3ccc(O)cc3)coc2cc1O.O=c1c(-c2ccccc2)coc2ccccc12. The summed E-state index contributed by atoms with van der Waals surface area (Å²) in [7, 11) is 1.41. The lowest BCUT2D eigenvalue weighted by molar-refractivity contribution is 0.373. The summed E-state index contributed by atoms with van der Waals surface area (Å²) >= 11 is 0. The zero-order chi connectivity index (χ0) is 26.6. The van der Waals surface area contributed by atoms with Crippen LogP contribution in [0.15, 0.2) is 122 Å². The van der Waals surface area contributed by atoms with Gasteiger partial charge in [0.25, 0.3) is 0 Å². The summed E-state index contributed by atoms with van der Waals surface area (Å²) in [6.07, 6.45) is 2.86. The molecule has 6 rings (SSSR count). The fraction of sp³-hybridized carbons (Fsp3) is 0.0323. The maximum Gasteiger partial charge on any atom is 0.200 e. The van der Waals surface area contributed by atoms with Crippen LogP contribution in [0.4, 0.5) is 0 Å². The average molecular weight is 507 g/mol. The van der Waals surface area contributed by atoms with Gasteiger partial charge in [-0.1, -0.05) is 54.6 Å². The van der Waals surface area contributed by atoms with Crippen molar-refractivity contribution < 1.29 is 23.8 Å². The van der Waals surface area contributed by atoms with Gasteiger partial charge >= 0.3 is 0 Å². The molecule has 2 heterocycles. The van der Waals surface area contributed by atoms with E-state index in [0.717, 1.165) is 5.56 Å². The van der Waals surface area contributed by atoms with Crippen LogP contribution in [0.1, 0.15) is 0 Å². The molecule has 0 saturated carbocycles. The van der Waals surface area contributed by atoms with E-state index in [4.69, 9.17) is 13.6 Å². The van der Waals surface area contributed by atoms with Crippen molar-refractivity contribution in [3.05, 3.63) is 124 Å². The molecule has 0 unspecified atom stereocenters. The van der Waals surface area contributed by atoms with Crippen LogP contribution < -0.4 is 15.6 Å². The first-order valence-corrected chi connectivity index (χ1v) is 11.6. The van der Waals surface area contributed by atoms with E-state index in [1.54, 1.807) is 24.3 Å². The Balaban J connectivity index is 0.000000158. The van der Waals surface area contributed by atoms with Crippen LogP contribution in [-0.4, -0.2) is 17.3 Å². The normalized spacial score (nSPS) is 10.7. The molecule has 0 aliphatic heterocycles. The Morgan fingerprint density at radius 1 is 0.632 bits per heavy atom. The van der Waals surface area contributed by atoms with Gasteiger partial charge in [-0.15, -0.1) is 0 Å². The number of methoxy groups -OCH3 is 1. The minimum atomic E-state index is -0.236. The number of ether oxygens (including phenoxy) is 1. The smallest absolute Gasteiger partial charge is 0.200 e. The van der Waals surface area contributed by atoms with E-state index >= 15 is 0 Å². The Kier molecular flexibility index (Phi) is 6.65. The topological polar surface area (TPSA) is 110 Å². The van der Waals surface area contributed by atoms with Crippen LogP contribution in [0, 0.1) is 0 Å². The molecule has 38 heavy (non-hydrogen) atoms. The number of para-hydroxylation sites is 1. The van der Waals surface area contributed by atoms with Gasteiger partial charge in [0.05, 0.1) is 29.0 Å². The second-order valence-electron chi connectivity index (χ2n) is 8.39.